The van der Waals surface area contributed by atoms with Crippen LogP contribution < -0.4 is 10.5 Å². The summed E-state index contributed by atoms with van der Waals surface area (Å²) in [7, 11) is 1.65. The van der Waals surface area contributed by atoms with E-state index in [4.69, 9.17) is 10.5 Å². The van der Waals surface area contributed by atoms with Crippen molar-refractivity contribution in [3.63, 3.8) is 0 Å². The van der Waals surface area contributed by atoms with Gasteiger partial charge >= 0.3 is 0 Å². The molecule has 1 rings (SSSR count). The molecule has 2 nitrogen and oxygen atoms in total. The SMILES string of the molecule is COc1cccc(/C=C/C(C)N)c1Br. The highest BCUT2D eigenvalue weighted by Crippen LogP contribution is 2.29. The Morgan fingerprint density at radius 3 is 2.79 bits per heavy atom. The summed E-state index contributed by atoms with van der Waals surface area (Å²) in [6, 6.07) is 5.93. The lowest BCUT2D eigenvalue weighted by Gasteiger charge is -2.05. The monoisotopic (exact) mass is 255 g/mol. The number of methoxy groups -OCH3 is 1. The first kappa shape index (κ1) is 11.3. The molecule has 0 saturated heterocycles. The van der Waals surface area contributed by atoms with E-state index in [-0.39, 0.29) is 6.04 Å². The van der Waals surface area contributed by atoms with E-state index in [0.29, 0.717) is 0 Å². The van der Waals surface area contributed by atoms with Gasteiger partial charge in [0, 0.05) is 6.04 Å². The Labute approximate surface area is 92.9 Å². The second kappa shape index (κ2) is 5.17. The Morgan fingerprint density at radius 2 is 2.21 bits per heavy atom. The predicted octanol–water partition coefficient (Wildman–Crippen LogP) is 2.82. The average Bonchev–Trinajstić information content (AvgIpc) is 2.16. The van der Waals surface area contributed by atoms with Gasteiger partial charge < -0.3 is 10.5 Å². The molecule has 0 aliphatic carbocycles. The zero-order valence-corrected chi connectivity index (χ0v) is 9.91. The summed E-state index contributed by atoms with van der Waals surface area (Å²) in [5.74, 6) is 0.830. The molecule has 0 amide bonds. The Morgan fingerprint density at radius 1 is 1.50 bits per heavy atom. The third-order valence-electron chi connectivity index (χ3n) is 1.79. The number of ether oxygens (including phenoxy) is 1. The van der Waals surface area contributed by atoms with Crippen LogP contribution in [0.1, 0.15) is 12.5 Å². The summed E-state index contributed by atoms with van der Waals surface area (Å²) >= 11 is 3.47. The maximum absolute atomic E-state index is 5.63. The highest BCUT2D eigenvalue weighted by molar-refractivity contribution is 9.10. The number of benzene rings is 1. The lowest BCUT2D eigenvalue weighted by Crippen LogP contribution is -2.09. The first-order valence-corrected chi connectivity index (χ1v) is 5.20. The van der Waals surface area contributed by atoms with Crippen LogP contribution in [0.15, 0.2) is 28.7 Å². The van der Waals surface area contributed by atoms with Crippen molar-refractivity contribution >= 4 is 22.0 Å². The molecule has 1 atom stereocenters. The van der Waals surface area contributed by atoms with Gasteiger partial charge in [-0.1, -0.05) is 24.3 Å². The molecule has 2 N–H and O–H groups in total. The fourth-order valence-electron chi connectivity index (χ4n) is 1.07. The molecule has 1 unspecified atom stereocenters. The van der Waals surface area contributed by atoms with Gasteiger partial charge in [-0.25, -0.2) is 0 Å². The molecule has 0 radical (unpaired) electrons. The molecular formula is C11H14BrNO. The molecule has 0 aliphatic heterocycles. The van der Waals surface area contributed by atoms with Crippen molar-refractivity contribution in [3.05, 3.63) is 34.3 Å². The molecule has 0 fully saturated rings. The number of rotatable bonds is 3. The molecule has 0 aromatic heterocycles. The molecule has 0 heterocycles. The molecule has 0 spiro atoms. The molecule has 1 aromatic carbocycles. The lowest BCUT2D eigenvalue weighted by atomic mass is 10.2. The summed E-state index contributed by atoms with van der Waals surface area (Å²) in [6.07, 6.45) is 3.93. The molecule has 0 aliphatic rings. The summed E-state index contributed by atoms with van der Waals surface area (Å²) in [6.45, 7) is 1.94. The largest absolute Gasteiger partial charge is 0.496 e. The van der Waals surface area contributed by atoms with Gasteiger partial charge in [-0.3, -0.25) is 0 Å². The Hall–Kier alpha value is -0.800. The van der Waals surface area contributed by atoms with Crippen molar-refractivity contribution in [2.75, 3.05) is 7.11 Å². The molecule has 3 heteroatoms. The van der Waals surface area contributed by atoms with Crippen LogP contribution in [0.3, 0.4) is 0 Å². The maximum Gasteiger partial charge on any atom is 0.133 e. The van der Waals surface area contributed by atoms with Gasteiger partial charge in [0.1, 0.15) is 5.75 Å². The number of halogens is 1. The van der Waals surface area contributed by atoms with Crippen molar-refractivity contribution in [2.24, 2.45) is 5.73 Å². The first-order chi connectivity index (χ1) is 6.65. The third-order valence-corrected chi connectivity index (χ3v) is 2.64. The molecule has 1 aromatic rings. The summed E-state index contributed by atoms with van der Waals surface area (Å²) in [5.41, 5.74) is 6.70. The second-order valence-electron chi connectivity index (χ2n) is 3.08. The first-order valence-electron chi connectivity index (χ1n) is 4.41. The number of hydrogen-bond acceptors (Lipinski definition) is 2. The number of nitrogens with two attached hydrogens (primary N) is 1. The van der Waals surface area contributed by atoms with Crippen LogP contribution in [-0.2, 0) is 0 Å². The van der Waals surface area contributed by atoms with Gasteiger partial charge in [-0.2, -0.15) is 0 Å². The zero-order valence-electron chi connectivity index (χ0n) is 8.33. The topological polar surface area (TPSA) is 35.2 Å². The maximum atomic E-state index is 5.63. The van der Waals surface area contributed by atoms with Gasteiger partial charge in [0.25, 0.3) is 0 Å². The Balaban J connectivity index is 2.98. The number of hydrogen-bond donors (Lipinski definition) is 1. The van der Waals surface area contributed by atoms with Crippen LogP contribution in [-0.4, -0.2) is 13.2 Å². The van der Waals surface area contributed by atoms with Crippen LogP contribution in [0.4, 0.5) is 0 Å². The van der Waals surface area contributed by atoms with Gasteiger partial charge in [0.2, 0.25) is 0 Å². The van der Waals surface area contributed by atoms with E-state index in [1.165, 1.54) is 0 Å². The minimum Gasteiger partial charge on any atom is -0.496 e. The highest BCUT2D eigenvalue weighted by atomic mass is 79.9. The Bertz CT molecular complexity index is 334. The quantitative estimate of drug-likeness (QED) is 0.902. The van der Waals surface area contributed by atoms with Crippen LogP contribution in [0.25, 0.3) is 6.08 Å². The van der Waals surface area contributed by atoms with E-state index >= 15 is 0 Å². The van der Waals surface area contributed by atoms with Crippen molar-refractivity contribution in [2.45, 2.75) is 13.0 Å². The normalized spacial score (nSPS) is 13.1. The predicted molar refractivity (Wildman–Crippen MR) is 63.4 cm³/mol. The minimum absolute atomic E-state index is 0.0631. The lowest BCUT2D eigenvalue weighted by molar-refractivity contribution is 0.412. The van der Waals surface area contributed by atoms with E-state index in [1.807, 2.05) is 37.3 Å². The van der Waals surface area contributed by atoms with E-state index in [0.717, 1.165) is 15.8 Å². The standard InChI is InChI=1S/C11H14BrNO/c1-8(13)6-7-9-4-3-5-10(14-2)11(9)12/h3-8H,13H2,1-2H3/b7-6+. The van der Waals surface area contributed by atoms with Gasteiger partial charge in [-0.05, 0) is 34.5 Å². The van der Waals surface area contributed by atoms with E-state index in [2.05, 4.69) is 15.9 Å². The Kier molecular flexibility index (Phi) is 4.17. The van der Waals surface area contributed by atoms with Gasteiger partial charge in [0.05, 0.1) is 11.6 Å². The molecule has 76 valence electrons. The molecule has 0 saturated carbocycles. The van der Waals surface area contributed by atoms with E-state index in [9.17, 15) is 0 Å². The smallest absolute Gasteiger partial charge is 0.133 e. The van der Waals surface area contributed by atoms with Crippen LogP contribution in [0.5, 0.6) is 5.75 Å². The van der Waals surface area contributed by atoms with Gasteiger partial charge in [0.15, 0.2) is 0 Å². The van der Waals surface area contributed by atoms with Gasteiger partial charge in [-0.15, -0.1) is 0 Å². The summed E-state index contributed by atoms with van der Waals surface area (Å²) in [5, 5.41) is 0. The van der Waals surface area contributed by atoms with E-state index < -0.39 is 0 Å². The summed E-state index contributed by atoms with van der Waals surface area (Å²) in [4.78, 5) is 0. The van der Waals surface area contributed by atoms with Crippen LogP contribution in [0.2, 0.25) is 0 Å². The fourth-order valence-corrected chi connectivity index (χ4v) is 1.63. The van der Waals surface area contributed by atoms with Crippen molar-refractivity contribution in [1.29, 1.82) is 0 Å². The van der Waals surface area contributed by atoms with Crippen LogP contribution >= 0.6 is 15.9 Å². The molecule has 14 heavy (non-hydrogen) atoms. The highest BCUT2D eigenvalue weighted by Gasteiger charge is 2.02. The summed E-state index contributed by atoms with van der Waals surface area (Å²) < 4.78 is 6.14. The molecule has 0 bridgehead atoms. The zero-order chi connectivity index (χ0) is 10.6. The van der Waals surface area contributed by atoms with Crippen molar-refractivity contribution in [3.8, 4) is 5.75 Å². The van der Waals surface area contributed by atoms with Crippen LogP contribution in [0, 0.1) is 0 Å². The second-order valence-corrected chi connectivity index (χ2v) is 3.87. The van der Waals surface area contributed by atoms with E-state index in [1.54, 1.807) is 7.11 Å². The average molecular weight is 256 g/mol. The van der Waals surface area contributed by atoms with Crippen molar-refractivity contribution in [1.82, 2.24) is 0 Å². The fraction of sp³-hybridized carbons (Fsp3) is 0.273. The third kappa shape index (κ3) is 2.86. The van der Waals surface area contributed by atoms with Crippen molar-refractivity contribution < 1.29 is 4.74 Å². The minimum atomic E-state index is 0.0631. The molecular weight excluding hydrogens is 242 g/mol.